The van der Waals surface area contributed by atoms with Crippen molar-refractivity contribution in [3.05, 3.63) is 70.5 Å². The summed E-state index contributed by atoms with van der Waals surface area (Å²) in [6, 6.07) is 13.1. The molecule has 1 aromatic carbocycles. The van der Waals surface area contributed by atoms with Crippen molar-refractivity contribution in [2.45, 2.75) is 17.8 Å². The summed E-state index contributed by atoms with van der Waals surface area (Å²) in [4.78, 5) is 16.6. The van der Waals surface area contributed by atoms with Gasteiger partial charge in [-0.3, -0.25) is 4.79 Å². The number of hydrogen-bond acceptors (Lipinski definition) is 8. The monoisotopic (exact) mass is 406 g/mol. The van der Waals surface area contributed by atoms with Crippen LogP contribution in [0, 0.1) is 6.92 Å². The molecule has 0 radical (unpaired) electrons. The van der Waals surface area contributed by atoms with Crippen LogP contribution >= 0.6 is 11.8 Å². The third-order valence-electron chi connectivity index (χ3n) is 4.22. The molecule has 1 N–H and O–H groups in total. The minimum absolute atomic E-state index is 0.334. The molecular weight excluding hydrogens is 392 g/mol. The molecule has 0 spiro atoms. The van der Waals surface area contributed by atoms with Crippen LogP contribution in [0.4, 0.5) is 0 Å². The van der Waals surface area contributed by atoms with E-state index in [1.807, 2.05) is 31.2 Å². The number of thioether (sulfide) groups is 1. The first-order valence-corrected chi connectivity index (χ1v) is 9.71. The summed E-state index contributed by atoms with van der Waals surface area (Å²) in [5.41, 5.74) is 2.60. The number of hydrogen-bond donors (Lipinski definition) is 1. The Bertz CT molecular complexity index is 1350. The van der Waals surface area contributed by atoms with Gasteiger partial charge in [-0.15, -0.1) is 5.10 Å². The third kappa shape index (κ3) is 3.34. The Morgan fingerprint density at radius 3 is 2.97 bits per heavy atom. The van der Waals surface area contributed by atoms with E-state index in [2.05, 4.69) is 25.4 Å². The first-order chi connectivity index (χ1) is 14.2. The van der Waals surface area contributed by atoms with Gasteiger partial charge >= 0.3 is 0 Å². The van der Waals surface area contributed by atoms with Gasteiger partial charge in [0.1, 0.15) is 11.2 Å². The first kappa shape index (κ1) is 17.4. The molecule has 9 nitrogen and oxygen atoms in total. The van der Waals surface area contributed by atoms with E-state index >= 15 is 0 Å². The SMILES string of the molecule is Cc1cccc(-c2noc(CSc3n[nH]c(=O)c4cc(-c5ccco5)nn34)n2)c1. The van der Waals surface area contributed by atoms with Crippen LogP contribution < -0.4 is 5.56 Å². The van der Waals surface area contributed by atoms with Gasteiger partial charge in [-0.1, -0.05) is 40.7 Å². The summed E-state index contributed by atoms with van der Waals surface area (Å²) in [6.07, 6.45) is 1.55. The zero-order valence-corrected chi connectivity index (χ0v) is 16.0. The normalized spacial score (nSPS) is 11.3. The maximum atomic E-state index is 12.1. The van der Waals surface area contributed by atoms with E-state index in [0.29, 0.717) is 39.6 Å². The fourth-order valence-corrected chi connectivity index (χ4v) is 3.61. The molecule has 0 aliphatic heterocycles. The standard InChI is InChI=1S/C19H14N6O3S/c1-11-4-2-5-12(8-11)17-20-16(28-24-17)10-29-19-22-21-18(26)14-9-13(23-25(14)19)15-6-3-7-27-15/h2-9H,10H2,1H3,(H,21,26). The second kappa shape index (κ2) is 7.06. The average Bonchev–Trinajstić information content (AvgIpc) is 3.47. The van der Waals surface area contributed by atoms with E-state index in [4.69, 9.17) is 8.94 Å². The number of aromatic nitrogens is 6. The molecule has 0 saturated carbocycles. The maximum absolute atomic E-state index is 12.1. The van der Waals surface area contributed by atoms with E-state index in [-0.39, 0.29) is 5.56 Å². The molecule has 4 heterocycles. The lowest BCUT2D eigenvalue weighted by atomic mass is 10.1. The Labute approximate surface area is 167 Å². The second-order valence-corrected chi connectivity index (χ2v) is 7.25. The van der Waals surface area contributed by atoms with Gasteiger partial charge in [0.15, 0.2) is 5.76 Å². The summed E-state index contributed by atoms with van der Waals surface area (Å²) in [7, 11) is 0. The number of furan rings is 1. The lowest BCUT2D eigenvalue weighted by Crippen LogP contribution is -2.13. The van der Waals surface area contributed by atoms with E-state index in [1.54, 1.807) is 24.5 Å². The van der Waals surface area contributed by atoms with Crippen molar-refractivity contribution in [1.29, 1.82) is 0 Å². The molecule has 0 bridgehead atoms. The van der Waals surface area contributed by atoms with Crippen molar-refractivity contribution in [2.75, 3.05) is 0 Å². The molecule has 0 saturated heterocycles. The van der Waals surface area contributed by atoms with Crippen LogP contribution in [0.1, 0.15) is 11.5 Å². The number of aryl methyl sites for hydroxylation is 1. The zero-order chi connectivity index (χ0) is 19.8. The van der Waals surface area contributed by atoms with Crippen LogP contribution in [0.2, 0.25) is 0 Å². The van der Waals surface area contributed by atoms with Crippen LogP contribution in [-0.2, 0) is 5.75 Å². The van der Waals surface area contributed by atoms with Crippen LogP contribution in [0.3, 0.4) is 0 Å². The van der Waals surface area contributed by atoms with Gasteiger partial charge in [-0.25, -0.2) is 9.61 Å². The zero-order valence-electron chi connectivity index (χ0n) is 15.2. The van der Waals surface area contributed by atoms with Crippen molar-refractivity contribution in [2.24, 2.45) is 0 Å². The quantitative estimate of drug-likeness (QED) is 0.442. The number of aromatic amines is 1. The molecule has 0 unspecified atom stereocenters. The fraction of sp³-hybridized carbons (Fsp3) is 0.105. The summed E-state index contributed by atoms with van der Waals surface area (Å²) in [5, 5.41) is 15.6. The molecule has 0 atom stereocenters. The number of nitrogens with zero attached hydrogens (tertiary/aromatic N) is 5. The molecule has 5 aromatic rings. The highest BCUT2D eigenvalue weighted by molar-refractivity contribution is 7.98. The molecule has 144 valence electrons. The van der Waals surface area contributed by atoms with E-state index in [0.717, 1.165) is 11.1 Å². The molecule has 10 heteroatoms. The van der Waals surface area contributed by atoms with Crippen LogP contribution in [-0.4, -0.2) is 30.0 Å². The Morgan fingerprint density at radius 2 is 2.14 bits per heavy atom. The highest BCUT2D eigenvalue weighted by atomic mass is 32.2. The third-order valence-corrected chi connectivity index (χ3v) is 5.13. The largest absolute Gasteiger partial charge is 0.463 e. The van der Waals surface area contributed by atoms with Crippen LogP contribution in [0.5, 0.6) is 0 Å². The first-order valence-electron chi connectivity index (χ1n) is 8.72. The Hall–Kier alpha value is -3.66. The molecular formula is C19H14N6O3S. The summed E-state index contributed by atoms with van der Waals surface area (Å²) < 4.78 is 12.2. The van der Waals surface area contributed by atoms with Crippen molar-refractivity contribution >= 4 is 17.3 Å². The van der Waals surface area contributed by atoms with Crippen LogP contribution in [0.15, 0.2) is 67.6 Å². The molecule has 0 aliphatic rings. The predicted molar refractivity (Wildman–Crippen MR) is 105 cm³/mol. The van der Waals surface area contributed by atoms with Gasteiger partial charge in [-0.2, -0.15) is 10.1 Å². The number of fused-ring (bicyclic) bond motifs is 1. The average molecular weight is 406 g/mol. The Balaban J connectivity index is 1.41. The summed E-state index contributed by atoms with van der Waals surface area (Å²) in [5.74, 6) is 1.93. The van der Waals surface area contributed by atoms with Gasteiger partial charge in [0.2, 0.25) is 16.9 Å². The van der Waals surface area contributed by atoms with E-state index < -0.39 is 0 Å². The smallest absolute Gasteiger partial charge is 0.290 e. The van der Waals surface area contributed by atoms with Crippen LogP contribution in [0.25, 0.3) is 28.4 Å². The number of benzene rings is 1. The predicted octanol–water partition coefficient (Wildman–Crippen LogP) is 3.33. The topological polar surface area (TPSA) is 115 Å². The number of nitrogens with one attached hydrogen (secondary N) is 1. The van der Waals surface area contributed by atoms with Crippen molar-refractivity contribution < 1.29 is 8.94 Å². The fourth-order valence-electron chi connectivity index (χ4n) is 2.87. The molecule has 0 amide bonds. The van der Waals surface area contributed by atoms with Gasteiger partial charge in [0, 0.05) is 11.6 Å². The number of H-pyrrole nitrogens is 1. The molecule has 0 fully saturated rings. The second-order valence-electron chi connectivity index (χ2n) is 6.31. The number of rotatable bonds is 5. The molecule has 0 aliphatic carbocycles. The molecule has 4 aromatic heterocycles. The summed E-state index contributed by atoms with van der Waals surface area (Å²) >= 11 is 1.33. The summed E-state index contributed by atoms with van der Waals surface area (Å²) in [6.45, 7) is 2.01. The van der Waals surface area contributed by atoms with Gasteiger partial charge in [0.05, 0.1) is 12.0 Å². The lowest BCUT2D eigenvalue weighted by molar-refractivity contribution is 0.391. The maximum Gasteiger partial charge on any atom is 0.290 e. The minimum atomic E-state index is -0.334. The molecule has 5 rings (SSSR count). The van der Waals surface area contributed by atoms with E-state index in [9.17, 15) is 4.79 Å². The van der Waals surface area contributed by atoms with Gasteiger partial charge in [0.25, 0.3) is 5.56 Å². The highest BCUT2D eigenvalue weighted by Crippen LogP contribution is 2.24. The van der Waals surface area contributed by atoms with E-state index in [1.165, 1.54) is 16.3 Å². The van der Waals surface area contributed by atoms with Gasteiger partial charge < -0.3 is 8.94 Å². The Kier molecular flexibility index (Phi) is 4.24. The van der Waals surface area contributed by atoms with Crippen molar-refractivity contribution in [1.82, 2.24) is 30.0 Å². The Morgan fingerprint density at radius 1 is 1.21 bits per heavy atom. The highest BCUT2D eigenvalue weighted by Gasteiger charge is 2.15. The lowest BCUT2D eigenvalue weighted by Gasteiger charge is -2.00. The van der Waals surface area contributed by atoms with Gasteiger partial charge in [-0.05, 0) is 25.1 Å². The minimum Gasteiger partial charge on any atom is -0.463 e. The van der Waals surface area contributed by atoms with Crippen molar-refractivity contribution in [3.8, 4) is 22.8 Å². The molecule has 29 heavy (non-hydrogen) atoms. The van der Waals surface area contributed by atoms with Crippen molar-refractivity contribution in [3.63, 3.8) is 0 Å².